The summed E-state index contributed by atoms with van der Waals surface area (Å²) in [5, 5.41) is 0. The molecule has 3 rings (SSSR count). The van der Waals surface area contributed by atoms with Crippen molar-refractivity contribution in [3.63, 3.8) is 0 Å². The van der Waals surface area contributed by atoms with Gasteiger partial charge in [-0.25, -0.2) is 0 Å². The lowest BCUT2D eigenvalue weighted by Gasteiger charge is -2.44. The molecule has 128 valence electrons. The Morgan fingerprint density at radius 2 is 1.83 bits per heavy atom. The van der Waals surface area contributed by atoms with Crippen molar-refractivity contribution in [2.24, 2.45) is 0 Å². The van der Waals surface area contributed by atoms with Crippen molar-refractivity contribution in [2.45, 2.75) is 45.1 Å². The molecule has 0 fully saturated rings. The summed E-state index contributed by atoms with van der Waals surface area (Å²) in [6, 6.07) is 16.7. The van der Waals surface area contributed by atoms with Crippen LogP contribution < -0.4 is 15.4 Å². The van der Waals surface area contributed by atoms with E-state index < -0.39 is 0 Å². The standard InChI is InChI=1S/C21H28N2O/c1-3-21(4-2)16-23(14-8-11-17-9-6-5-7-10-17)19-15-18(22)12-13-20(19)24-21/h5-7,9-10,12-13,15H,3-4,8,11,14,16,22H2,1-2H3. The minimum absolute atomic E-state index is 0.0874. The third kappa shape index (κ3) is 3.50. The van der Waals surface area contributed by atoms with Crippen molar-refractivity contribution in [3.8, 4) is 5.75 Å². The maximum Gasteiger partial charge on any atom is 0.143 e. The van der Waals surface area contributed by atoms with Crippen LogP contribution in [0.25, 0.3) is 0 Å². The first-order valence-corrected chi connectivity index (χ1v) is 9.03. The maximum atomic E-state index is 6.37. The normalized spacial score (nSPS) is 15.7. The van der Waals surface area contributed by atoms with E-state index in [-0.39, 0.29) is 5.60 Å². The Morgan fingerprint density at radius 3 is 2.54 bits per heavy atom. The number of anilines is 2. The first-order chi connectivity index (χ1) is 11.7. The maximum absolute atomic E-state index is 6.37. The van der Waals surface area contributed by atoms with E-state index in [4.69, 9.17) is 10.5 Å². The molecule has 0 radical (unpaired) electrons. The van der Waals surface area contributed by atoms with Crippen molar-refractivity contribution in [1.29, 1.82) is 0 Å². The molecular formula is C21H28N2O. The molecule has 0 saturated heterocycles. The molecule has 3 heteroatoms. The van der Waals surface area contributed by atoms with Crippen LogP contribution >= 0.6 is 0 Å². The average molecular weight is 324 g/mol. The number of benzene rings is 2. The summed E-state index contributed by atoms with van der Waals surface area (Å²) in [5.41, 5.74) is 9.26. The molecule has 0 aliphatic carbocycles. The first kappa shape index (κ1) is 16.7. The molecule has 2 aromatic carbocycles. The number of nitrogens with zero attached hydrogens (tertiary/aromatic N) is 1. The fraction of sp³-hybridized carbons (Fsp3) is 0.429. The van der Waals surface area contributed by atoms with Crippen LogP contribution in [0, 0.1) is 0 Å². The summed E-state index contributed by atoms with van der Waals surface area (Å²) in [5.74, 6) is 0.971. The van der Waals surface area contributed by atoms with Crippen molar-refractivity contribution >= 4 is 11.4 Å². The van der Waals surface area contributed by atoms with Gasteiger partial charge in [-0.2, -0.15) is 0 Å². The molecule has 0 spiro atoms. The summed E-state index contributed by atoms with van der Waals surface area (Å²) in [4.78, 5) is 2.46. The number of rotatable bonds is 6. The predicted molar refractivity (Wildman–Crippen MR) is 102 cm³/mol. The van der Waals surface area contributed by atoms with E-state index in [1.165, 1.54) is 5.56 Å². The van der Waals surface area contributed by atoms with Gasteiger partial charge in [-0.3, -0.25) is 0 Å². The van der Waals surface area contributed by atoms with Gasteiger partial charge in [0.15, 0.2) is 0 Å². The SMILES string of the molecule is CCC1(CC)CN(CCCc2ccccc2)c2cc(N)ccc2O1. The summed E-state index contributed by atoms with van der Waals surface area (Å²) in [6.07, 6.45) is 4.26. The predicted octanol–water partition coefficient (Wildman–Crippen LogP) is 4.66. The molecular weight excluding hydrogens is 296 g/mol. The number of fused-ring (bicyclic) bond motifs is 1. The van der Waals surface area contributed by atoms with Crippen molar-refractivity contribution < 1.29 is 4.74 Å². The molecule has 24 heavy (non-hydrogen) atoms. The van der Waals surface area contributed by atoms with Gasteiger partial charge in [-0.15, -0.1) is 0 Å². The largest absolute Gasteiger partial charge is 0.483 e. The summed E-state index contributed by atoms with van der Waals surface area (Å²) >= 11 is 0. The topological polar surface area (TPSA) is 38.5 Å². The minimum atomic E-state index is -0.0874. The smallest absolute Gasteiger partial charge is 0.143 e. The van der Waals surface area contributed by atoms with E-state index in [0.29, 0.717) is 0 Å². The Hall–Kier alpha value is -2.16. The van der Waals surface area contributed by atoms with Crippen LogP contribution in [0.2, 0.25) is 0 Å². The number of nitrogen functional groups attached to an aromatic ring is 1. The van der Waals surface area contributed by atoms with Gasteiger partial charge in [0.25, 0.3) is 0 Å². The molecule has 0 atom stereocenters. The Balaban J connectivity index is 1.76. The molecule has 0 aromatic heterocycles. The lowest BCUT2D eigenvalue weighted by atomic mass is 9.93. The van der Waals surface area contributed by atoms with E-state index in [1.807, 2.05) is 18.2 Å². The number of aryl methyl sites for hydroxylation is 1. The molecule has 0 amide bonds. The van der Waals surface area contributed by atoms with E-state index in [2.05, 4.69) is 49.1 Å². The van der Waals surface area contributed by atoms with E-state index >= 15 is 0 Å². The Bertz CT molecular complexity index is 665. The number of nitrogens with two attached hydrogens (primary N) is 1. The minimum Gasteiger partial charge on any atom is -0.483 e. The molecule has 1 aliphatic heterocycles. The fourth-order valence-electron chi connectivity index (χ4n) is 3.50. The van der Waals surface area contributed by atoms with E-state index in [9.17, 15) is 0 Å². The van der Waals surface area contributed by atoms with Gasteiger partial charge in [-0.05, 0) is 49.4 Å². The van der Waals surface area contributed by atoms with E-state index in [0.717, 1.165) is 55.9 Å². The van der Waals surface area contributed by atoms with Crippen LogP contribution in [-0.2, 0) is 6.42 Å². The van der Waals surface area contributed by atoms with Crippen molar-refractivity contribution in [3.05, 3.63) is 54.1 Å². The highest BCUT2D eigenvalue weighted by Gasteiger charge is 2.36. The van der Waals surface area contributed by atoms with Gasteiger partial charge in [0.1, 0.15) is 11.4 Å². The molecule has 2 aromatic rings. The summed E-state index contributed by atoms with van der Waals surface area (Å²) in [7, 11) is 0. The summed E-state index contributed by atoms with van der Waals surface area (Å²) in [6.45, 7) is 6.39. The molecule has 0 bridgehead atoms. The second-order valence-corrected chi connectivity index (χ2v) is 6.73. The summed E-state index contributed by atoms with van der Waals surface area (Å²) < 4.78 is 6.37. The quantitative estimate of drug-likeness (QED) is 0.785. The lowest BCUT2D eigenvalue weighted by molar-refractivity contribution is 0.0574. The van der Waals surface area contributed by atoms with Gasteiger partial charge in [0.05, 0.1) is 12.2 Å². The van der Waals surface area contributed by atoms with Crippen molar-refractivity contribution in [1.82, 2.24) is 0 Å². The number of ether oxygens (including phenoxy) is 1. The van der Waals surface area contributed by atoms with Crippen LogP contribution in [0.15, 0.2) is 48.5 Å². The Morgan fingerprint density at radius 1 is 1.08 bits per heavy atom. The van der Waals surface area contributed by atoms with Crippen LogP contribution in [0.3, 0.4) is 0 Å². The molecule has 1 aliphatic rings. The zero-order valence-electron chi connectivity index (χ0n) is 14.8. The first-order valence-electron chi connectivity index (χ1n) is 9.03. The third-order valence-corrected chi connectivity index (χ3v) is 5.15. The van der Waals surface area contributed by atoms with Crippen LogP contribution in [-0.4, -0.2) is 18.7 Å². The Labute approximate surface area is 145 Å². The average Bonchev–Trinajstić information content (AvgIpc) is 2.62. The highest BCUT2D eigenvalue weighted by Crippen LogP contribution is 2.40. The zero-order valence-corrected chi connectivity index (χ0v) is 14.8. The lowest BCUT2D eigenvalue weighted by Crippen LogP contribution is -2.50. The number of hydrogen-bond donors (Lipinski definition) is 1. The molecule has 1 heterocycles. The highest BCUT2D eigenvalue weighted by molar-refractivity contribution is 5.66. The van der Waals surface area contributed by atoms with Crippen LogP contribution in [0.1, 0.15) is 38.7 Å². The van der Waals surface area contributed by atoms with E-state index in [1.54, 1.807) is 0 Å². The van der Waals surface area contributed by atoms with Gasteiger partial charge >= 0.3 is 0 Å². The van der Waals surface area contributed by atoms with Crippen LogP contribution in [0.5, 0.6) is 5.75 Å². The van der Waals surface area contributed by atoms with Gasteiger partial charge in [0, 0.05) is 12.2 Å². The Kier molecular flexibility index (Phi) is 4.98. The van der Waals surface area contributed by atoms with Gasteiger partial charge in [-0.1, -0.05) is 44.2 Å². The van der Waals surface area contributed by atoms with Crippen molar-refractivity contribution in [2.75, 3.05) is 23.7 Å². The fourth-order valence-corrected chi connectivity index (χ4v) is 3.50. The number of hydrogen-bond acceptors (Lipinski definition) is 3. The zero-order chi connectivity index (χ0) is 17.0. The molecule has 0 saturated carbocycles. The monoisotopic (exact) mass is 324 g/mol. The third-order valence-electron chi connectivity index (χ3n) is 5.15. The molecule has 3 nitrogen and oxygen atoms in total. The molecule has 2 N–H and O–H groups in total. The second-order valence-electron chi connectivity index (χ2n) is 6.73. The second kappa shape index (κ2) is 7.16. The highest BCUT2D eigenvalue weighted by atomic mass is 16.5. The van der Waals surface area contributed by atoms with Gasteiger partial charge < -0.3 is 15.4 Å². The van der Waals surface area contributed by atoms with Crippen LogP contribution in [0.4, 0.5) is 11.4 Å². The molecule has 0 unspecified atom stereocenters. The van der Waals surface area contributed by atoms with Gasteiger partial charge in [0.2, 0.25) is 0 Å².